The highest BCUT2D eigenvalue weighted by atomic mass is 16.5. The predicted octanol–water partition coefficient (Wildman–Crippen LogP) is 4.09. The van der Waals surface area contributed by atoms with E-state index >= 15 is 0 Å². The second-order valence-electron chi connectivity index (χ2n) is 7.68. The Labute approximate surface area is 174 Å². The number of nitrogens with two attached hydrogens (primary N) is 1. The normalized spacial score (nSPS) is 15.1. The van der Waals surface area contributed by atoms with Crippen LogP contribution < -0.4 is 20.1 Å². The van der Waals surface area contributed by atoms with Crippen molar-refractivity contribution >= 4 is 33.6 Å². The number of methoxy groups -OCH3 is 2. The van der Waals surface area contributed by atoms with Crippen LogP contribution in [0.1, 0.15) is 24.3 Å². The summed E-state index contributed by atoms with van der Waals surface area (Å²) in [7, 11) is 3.22. The fraction of sp³-hybridized carbons (Fsp3) is 0.304. The fourth-order valence-corrected chi connectivity index (χ4v) is 4.43. The number of piperidine rings is 1. The molecule has 7 heteroatoms. The Balaban J connectivity index is 1.40. The third kappa shape index (κ3) is 3.07. The van der Waals surface area contributed by atoms with Crippen molar-refractivity contribution in [3.63, 3.8) is 0 Å². The molecule has 0 aliphatic carbocycles. The zero-order valence-electron chi connectivity index (χ0n) is 17.2. The quantitative estimate of drug-likeness (QED) is 0.533. The lowest BCUT2D eigenvalue weighted by atomic mass is 9.89. The Hall–Kier alpha value is -3.48. The Morgan fingerprint density at radius 3 is 2.50 bits per heavy atom. The number of anilines is 2. The first-order valence-corrected chi connectivity index (χ1v) is 10.2. The molecule has 0 spiro atoms. The van der Waals surface area contributed by atoms with Gasteiger partial charge >= 0.3 is 0 Å². The Kier molecular flexibility index (Phi) is 4.58. The number of hydrogen-bond donors (Lipinski definition) is 2. The van der Waals surface area contributed by atoms with Crippen LogP contribution in [0, 0.1) is 0 Å². The molecular weight excluding hydrogens is 378 g/mol. The van der Waals surface area contributed by atoms with E-state index in [1.807, 2.05) is 12.1 Å². The number of nitrogens with zero attached hydrogens (tertiary/aromatic N) is 3. The molecule has 7 nitrogen and oxygen atoms in total. The average molecular weight is 403 g/mol. The van der Waals surface area contributed by atoms with Crippen LogP contribution in [0.5, 0.6) is 11.5 Å². The number of nitrogen functional groups attached to an aromatic ring is 1. The SMILES string of the molecule is COc1cc2nc(N3CCC(c4c[nH]c5ccccc45)CC3)nc(N)c2cc1OC. The number of hydrogen-bond acceptors (Lipinski definition) is 6. The number of fused-ring (bicyclic) bond motifs is 2. The van der Waals surface area contributed by atoms with Crippen molar-refractivity contribution in [1.82, 2.24) is 15.0 Å². The molecule has 4 aromatic rings. The number of para-hydroxylation sites is 1. The van der Waals surface area contributed by atoms with Gasteiger partial charge in [0, 0.05) is 41.6 Å². The molecule has 5 rings (SSSR count). The van der Waals surface area contributed by atoms with Crippen LogP contribution in [-0.4, -0.2) is 42.3 Å². The number of ether oxygens (including phenoxy) is 2. The minimum atomic E-state index is 0.453. The maximum absolute atomic E-state index is 6.27. The van der Waals surface area contributed by atoms with Gasteiger partial charge in [-0.15, -0.1) is 0 Å². The molecular formula is C23H25N5O2. The molecule has 3 N–H and O–H groups in total. The monoisotopic (exact) mass is 403 g/mol. The molecule has 1 aliphatic heterocycles. The Morgan fingerprint density at radius 2 is 1.73 bits per heavy atom. The summed E-state index contributed by atoms with van der Waals surface area (Å²) in [5.41, 5.74) is 9.63. The molecule has 0 bridgehead atoms. The van der Waals surface area contributed by atoms with Gasteiger partial charge in [0.2, 0.25) is 5.95 Å². The first-order chi connectivity index (χ1) is 14.7. The largest absolute Gasteiger partial charge is 0.493 e. The maximum Gasteiger partial charge on any atom is 0.227 e. The first-order valence-electron chi connectivity index (χ1n) is 10.2. The number of H-pyrrole nitrogens is 1. The fourth-order valence-electron chi connectivity index (χ4n) is 4.43. The molecule has 0 unspecified atom stereocenters. The zero-order chi connectivity index (χ0) is 20.7. The highest BCUT2D eigenvalue weighted by Crippen LogP contribution is 2.36. The molecule has 1 aliphatic rings. The first kappa shape index (κ1) is 18.5. The van der Waals surface area contributed by atoms with Crippen LogP contribution in [-0.2, 0) is 0 Å². The van der Waals surface area contributed by atoms with Crippen molar-refractivity contribution in [2.45, 2.75) is 18.8 Å². The van der Waals surface area contributed by atoms with E-state index in [4.69, 9.17) is 20.2 Å². The molecule has 3 heterocycles. The number of aromatic nitrogens is 3. The minimum Gasteiger partial charge on any atom is -0.493 e. The number of rotatable bonds is 4. The molecule has 0 amide bonds. The minimum absolute atomic E-state index is 0.453. The molecule has 0 saturated carbocycles. The van der Waals surface area contributed by atoms with Crippen molar-refractivity contribution in [3.05, 3.63) is 48.2 Å². The lowest BCUT2D eigenvalue weighted by Gasteiger charge is -2.32. The van der Waals surface area contributed by atoms with Gasteiger partial charge in [-0.25, -0.2) is 4.98 Å². The summed E-state index contributed by atoms with van der Waals surface area (Å²) in [5, 5.41) is 2.09. The molecule has 2 aromatic carbocycles. The van der Waals surface area contributed by atoms with Crippen LogP contribution in [0.4, 0.5) is 11.8 Å². The van der Waals surface area contributed by atoms with Crippen LogP contribution in [0.3, 0.4) is 0 Å². The number of nitrogens with one attached hydrogen (secondary N) is 1. The van der Waals surface area contributed by atoms with Gasteiger partial charge in [-0.05, 0) is 36.5 Å². The van der Waals surface area contributed by atoms with E-state index < -0.39 is 0 Å². The van der Waals surface area contributed by atoms with Crippen molar-refractivity contribution in [2.75, 3.05) is 37.9 Å². The van der Waals surface area contributed by atoms with Gasteiger partial charge in [0.25, 0.3) is 0 Å². The van der Waals surface area contributed by atoms with Gasteiger partial charge < -0.3 is 25.1 Å². The molecule has 1 fully saturated rings. The second kappa shape index (κ2) is 7.40. The number of aromatic amines is 1. The summed E-state index contributed by atoms with van der Waals surface area (Å²) in [6.07, 6.45) is 4.26. The average Bonchev–Trinajstić information content (AvgIpc) is 3.22. The van der Waals surface area contributed by atoms with E-state index in [-0.39, 0.29) is 0 Å². The molecule has 2 aromatic heterocycles. The van der Waals surface area contributed by atoms with Crippen molar-refractivity contribution in [2.24, 2.45) is 0 Å². The molecule has 0 atom stereocenters. The molecule has 0 radical (unpaired) electrons. The van der Waals surface area contributed by atoms with Crippen molar-refractivity contribution < 1.29 is 9.47 Å². The van der Waals surface area contributed by atoms with E-state index in [1.165, 1.54) is 16.5 Å². The molecule has 30 heavy (non-hydrogen) atoms. The lowest BCUT2D eigenvalue weighted by Crippen LogP contribution is -2.34. The van der Waals surface area contributed by atoms with Crippen LogP contribution >= 0.6 is 0 Å². The third-order valence-electron chi connectivity index (χ3n) is 6.06. The van der Waals surface area contributed by atoms with Gasteiger partial charge in [-0.2, -0.15) is 4.98 Å². The Bertz CT molecular complexity index is 1210. The standard InChI is InChI=1S/C23H25N5O2/c1-29-20-11-16-19(12-21(20)30-2)26-23(27-22(16)24)28-9-7-14(8-10-28)17-13-25-18-6-4-3-5-15(17)18/h3-6,11-14,25H,7-10H2,1-2H3,(H2,24,26,27). The zero-order valence-corrected chi connectivity index (χ0v) is 17.2. The van der Waals surface area contributed by atoms with Crippen LogP contribution in [0.2, 0.25) is 0 Å². The van der Waals surface area contributed by atoms with Crippen molar-refractivity contribution in [1.29, 1.82) is 0 Å². The van der Waals surface area contributed by atoms with E-state index in [0.29, 0.717) is 29.2 Å². The van der Waals surface area contributed by atoms with Gasteiger partial charge in [-0.3, -0.25) is 0 Å². The summed E-state index contributed by atoms with van der Waals surface area (Å²) in [6.45, 7) is 1.78. The van der Waals surface area contributed by atoms with Gasteiger partial charge in [0.1, 0.15) is 5.82 Å². The second-order valence-corrected chi connectivity index (χ2v) is 7.68. The van der Waals surface area contributed by atoms with Gasteiger partial charge in [-0.1, -0.05) is 18.2 Å². The van der Waals surface area contributed by atoms with E-state index in [0.717, 1.165) is 36.8 Å². The molecule has 1 saturated heterocycles. The lowest BCUT2D eigenvalue weighted by molar-refractivity contribution is 0.356. The van der Waals surface area contributed by atoms with Crippen molar-refractivity contribution in [3.8, 4) is 11.5 Å². The van der Waals surface area contributed by atoms with E-state index in [1.54, 1.807) is 14.2 Å². The highest BCUT2D eigenvalue weighted by molar-refractivity contribution is 5.91. The topological polar surface area (TPSA) is 89.3 Å². The van der Waals surface area contributed by atoms with Crippen LogP contribution in [0.15, 0.2) is 42.6 Å². The summed E-state index contributed by atoms with van der Waals surface area (Å²) < 4.78 is 10.8. The molecule has 154 valence electrons. The smallest absolute Gasteiger partial charge is 0.227 e. The number of benzene rings is 2. The summed E-state index contributed by atoms with van der Waals surface area (Å²) in [5.74, 6) is 2.90. The summed E-state index contributed by atoms with van der Waals surface area (Å²) in [4.78, 5) is 15.0. The summed E-state index contributed by atoms with van der Waals surface area (Å²) >= 11 is 0. The van der Waals surface area contributed by atoms with Gasteiger partial charge in [0.05, 0.1) is 19.7 Å². The predicted molar refractivity (Wildman–Crippen MR) is 120 cm³/mol. The summed E-state index contributed by atoms with van der Waals surface area (Å²) in [6, 6.07) is 12.2. The van der Waals surface area contributed by atoms with Crippen LogP contribution in [0.25, 0.3) is 21.8 Å². The third-order valence-corrected chi connectivity index (χ3v) is 6.06. The maximum atomic E-state index is 6.27. The highest BCUT2D eigenvalue weighted by Gasteiger charge is 2.25. The Morgan fingerprint density at radius 1 is 1.00 bits per heavy atom. The van der Waals surface area contributed by atoms with E-state index in [2.05, 4.69) is 45.3 Å². The van der Waals surface area contributed by atoms with Gasteiger partial charge in [0.15, 0.2) is 11.5 Å². The van der Waals surface area contributed by atoms with E-state index in [9.17, 15) is 0 Å².